The lowest BCUT2D eigenvalue weighted by molar-refractivity contribution is 0.588. The molecule has 1 aromatic rings. The molecule has 84 valence electrons. The van der Waals surface area contributed by atoms with Gasteiger partial charge in [-0.3, -0.25) is 0 Å². The smallest absolute Gasteiger partial charge is 0.123 e. The van der Waals surface area contributed by atoms with E-state index in [1.807, 2.05) is 12.1 Å². The molecule has 0 saturated carbocycles. The van der Waals surface area contributed by atoms with Crippen molar-refractivity contribution in [2.75, 3.05) is 0 Å². The number of rotatable bonds is 5. The predicted octanol–water partition coefficient (Wildman–Crippen LogP) is 4.88. The second-order valence-electron chi connectivity index (χ2n) is 3.87. The van der Waals surface area contributed by atoms with Crippen molar-refractivity contribution in [2.45, 2.75) is 43.9 Å². The molecule has 0 aromatic heterocycles. The Kier molecular flexibility index (Phi) is 5.30. The van der Waals surface area contributed by atoms with E-state index in [1.54, 1.807) is 12.1 Å². The standard InChI is InChI=1S/C13H18BrF/c1-3-5-13(14)12(4-2)10-6-8-11(15)9-7-10/h6-9,12-13H,3-5H2,1-2H3. The zero-order chi connectivity index (χ0) is 11.3. The van der Waals surface area contributed by atoms with Gasteiger partial charge < -0.3 is 0 Å². The van der Waals surface area contributed by atoms with Crippen molar-refractivity contribution in [1.82, 2.24) is 0 Å². The van der Waals surface area contributed by atoms with Crippen molar-refractivity contribution in [2.24, 2.45) is 0 Å². The predicted molar refractivity (Wildman–Crippen MR) is 67.1 cm³/mol. The number of alkyl halides is 1. The van der Waals surface area contributed by atoms with Gasteiger partial charge >= 0.3 is 0 Å². The van der Waals surface area contributed by atoms with Gasteiger partial charge in [-0.1, -0.05) is 48.3 Å². The van der Waals surface area contributed by atoms with E-state index < -0.39 is 0 Å². The first-order valence-corrected chi connectivity index (χ1v) is 6.50. The topological polar surface area (TPSA) is 0 Å². The first-order chi connectivity index (χ1) is 7.19. The second kappa shape index (κ2) is 6.26. The highest BCUT2D eigenvalue weighted by molar-refractivity contribution is 9.09. The molecule has 1 aromatic carbocycles. The van der Waals surface area contributed by atoms with Crippen molar-refractivity contribution in [3.8, 4) is 0 Å². The summed E-state index contributed by atoms with van der Waals surface area (Å²) in [7, 11) is 0. The molecule has 2 unspecified atom stereocenters. The van der Waals surface area contributed by atoms with Crippen LogP contribution in [0.15, 0.2) is 24.3 Å². The summed E-state index contributed by atoms with van der Waals surface area (Å²) in [6.07, 6.45) is 3.42. The first-order valence-electron chi connectivity index (χ1n) is 5.58. The lowest BCUT2D eigenvalue weighted by Crippen LogP contribution is -2.11. The Balaban J connectivity index is 2.77. The minimum absolute atomic E-state index is 0.157. The highest BCUT2D eigenvalue weighted by atomic mass is 79.9. The molecule has 0 aliphatic rings. The molecule has 0 bridgehead atoms. The molecule has 0 N–H and O–H groups in total. The van der Waals surface area contributed by atoms with Crippen LogP contribution in [0.3, 0.4) is 0 Å². The molecule has 2 heteroatoms. The van der Waals surface area contributed by atoms with E-state index >= 15 is 0 Å². The van der Waals surface area contributed by atoms with E-state index in [-0.39, 0.29) is 5.82 Å². The highest BCUT2D eigenvalue weighted by Crippen LogP contribution is 2.31. The van der Waals surface area contributed by atoms with Crippen LogP contribution in [0.1, 0.15) is 44.6 Å². The minimum atomic E-state index is -0.157. The molecule has 0 aliphatic heterocycles. The maximum absolute atomic E-state index is 12.8. The molecular weight excluding hydrogens is 255 g/mol. The second-order valence-corrected chi connectivity index (χ2v) is 5.05. The molecule has 0 spiro atoms. The fourth-order valence-corrected chi connectivity index (χ4v) is 3.02. The van der Waals surface area contributed by atoms with E-state index in [1.165, 1.54) is 12.0 Å². The van der Waals surface area contributed by atoms with Gasteiger partial charge in [0.2, 0.25) is 0 Å². The van der Waals surface area contributed by atoms with Crippen LogP contribution in [0.2, 0.25) is 0 Å². The van der Waals surface area contributed by atoms with Gasteiger partial charge in [-0.25, -0.2) is 4.39 Å². The third kappa shape index (κ3) is 3.60. The fourth-order valence-electron chi connectivity index (χ4n) is 1.89. The Bertz CT molecular complexity index is 281. The Hall–Kier alpha value is -0.370. The Morgan fingerprint density at radius 3 is 2.27 bits per heavy atom. The van der Waals surface area contributed by atoms with Crippen molar-refractivity contribution in [1.29, 1.82) is 0 Å². The SMILES string of the molecule is CCCC(Br)C(CC)c1ccc(F)cc1. The van der Waals surface area contributed by atoms with E-state index in [9.17, 15) is 4.39 Å². The first kappa shape index (κ1) is 12.7. The van der Waals surface area contributed by atoms with Gasteiger partial charge in [0.05, 0.1) is 0 Å². The summed E-state index contributed by atoms with van der Waals surface area (Å²) in [5.74, 6) is 0.334. The average molecular weight is 273 g/mol. The molecule has 2 atom stereocenters. The van der Waals surface area contributed by atoms with E-state index in [0.717, 1.165) is 12.8 Å². The number of hydrogen-bond donors (Lipinski definition) is 0. The Morgan fingerprint density at radius 2 is 1.80 bits per heavy atom. The molecule has 0 saturated heterocycles. The summed E-state index contributed by atoms with van der Waals surface area (Å²) in [4.78, 5) is 0.498. The lowest BCUT2D eigenvalue weighted by Gasteiger charge is -2.21. The van der Waals surface area contributed by atoms with Crippen LogP contribution in [0.4, 0.5) is 4.39 Å². The van der Waals surface area contributed by atoms with Crippen LogP contribution in [0.5, 0.6) is 0 Å². The molecule has 0 fully saturated rings. The van der Waals surface area contributed by atoms with Crippen molar-refractivity contribution in [3.05, 3.63) is 35.6 Å². The average Bonchev–Trinajstić information content (AvgIpc) is 2.22. The fraction of sp³-hybridized carbons (Fsp3) is 0.538. The highest BCUT2D eigenvalue weighted by Gasteiger charge is 2.17. The molecule has 0 heterocycles. The number of halogens is 2. The van der Waals surface area contributed by atoms with Gasteiger partial charge in [-0.15, -0.1) is 0 Å². The quantitative estimate of drug-likeness (QED) is 0.670. The minimum Gasteiger partial charge on any atom is -0.207 e. The van der Waals surface area contributed by atoms with E-state index in [2.05, 4.69) is 29.8 Å². The third-order valence-electron chi connectivity index (χ3n) is 2.74. The summed E-state index contributed by atoms with van der Waals surface area (Å²) in [6.45, 7) is 4.36. The largest absolute Gasteiger partial charge is 0.207 e. The number of benzene rings is 1. The Labute approximate surface area is 100 Å². The number of hydrogen-bond acceptors (Lipinski definition) is 0. The monoisotopic (exact) mass is 272 g/mol. The van der Waals surface area contributed by atoms with Crippen LogP contribution in [-0.4, -0.2) is 4.83 Å². The molecule has 0 aliphatic carbocycles. The van der Waals surface area contributed by atoms with Gasteiger partial charge in [0.25, 0.3) is 0 Å². The normalized spacial score (nSPS) is 14.9. The summed E-state index contributed by atoms with van der Waals surface area (Å²) in [6, 6.07) is 6.88. The van der Waals surface area contributed by atoms with Crippen LogP contribution >= 0.6 is 15.9 Å². The Morgan fingerprint density at radius 1 is 1.20 bits per heavy atom. The van der Waals surface area contributed by atoms with Crippen LogP contribution in [0, 0.1) is 5.82 Å². The van der Waals surface area contributed by atoms with Gasteiger partial charge in [-0.05, 0) is 36.5 Å². The molecular formula is C13H18BrF. The van der Waals surface area contributed by atoms with Gasteiger partial charge in [0.15, 0.2) is 0 Å². The van der Waals surface area contributed by atoms with Gasteiger partial charge in [0.1, 0.15) is 5.82 Å². The maximum Gasteiger partial charge on any atom is 0.123 e. The zero-order valence-electron chi connectivity index (χ0n) is 9.34. The molecule has 15 heavy (non-hydrogen) atoms. The zero-order valence-corrected chi connectivity index (χ0v) is 10.9. The van der Waals surface area contributed by atoms with Crippen molar-refractivity contribution < 1.29 is 4.39 Å². The summed E-state index contributed by atoms with van der Waals surface area (Å²) >= 11 is 3.73. The van der Waals surface area contributed by atoms with E-state index in [0.29, 0.717) is 10.7 Å². The van der Waals surface area contributed by atoms with Gasteiger partial charge in [-0.2, -0.15) is 0 Å². The van der Waals surface area contributed by atoms with Crippen LogP contribution in [0.25, 0.3) is 0 Å². The molecule has 0 amide bonds. The summed E-state index contributed by atoms with van der Waals surface area (Å²) in [5.41, 5.74) is 1.23. The third-order valence-corrected chi connectivity index (χ3v) is 3.84. The summed E-state index contributed by atoms with van der Waals surface area (Å²) < 4.78 is 12.8. The van der Waals surface area contributed by atoms with Crippen LogP contribution in [-0.2, 0) is 0 Å². The molecule has 0 nitrogen and oxygen atoms in total. The summed E-state index contributed by atoms with van der Waals surface area (Å²) in [5, 5.41) is 0. The molecule has 1 rings (SSSR count). The van der Waals surface area contributed by atoms with Crippen molar-refractivity contribution in [3.63, 3.8) is 0 Å². The lowest BCUT2D eigenvalue weighted by atomic mass is 9.91. The maximum atomic E-state index is 12.8. The van der Waals surface area contributed by atoms with Gasteiger partial charge in [0, 0.05) is 4.83 Å². The van der Waals surface area contributed by atoms with E-state index in [4.69, 9.17) is 0 Å². The van der Waals surface area contributed by atoms with Crippen molar-refractivity contribution >= 4 is 15.9 Å². The van der Waals surface area contributed by atoms with Crippen LogP contribution < -0.4 is 0 Å². The molecule has 0 radical (unpaired) electrons.